The van der Waals surface area contributed by atoms with Crippen LogP contribution in [0.4, 0.5) is 0 Å². The second-order valence-electron chi connectivity index (χ2n) is 4.23. The van der Waals surface area contributed by atoms with E-state index in [1.807, 2.05) is 12.3 Å². The van der Waals surface area contributed by atoms with E-state index in [0.717, 1.165) is 12.5 Å². The van der Waals surface area contributed by atoms with Gasteiger partial charge in [0.05, 0.1) is 16.0 Å². The average molecular weight is 222 g/mol. The number of thiazole rings is 1. The molecule has 0 saturated heterocycles. The summed E-state index contributed by atoms with van der Waals surface area (Å²) in [4.78, 5) is 5.66. The van der Waals surface area contributed by atoms with E-state index in [9.17, 15) is 5.11 Å². The molecule has 80 valence electrons. The smallest absolute Gasteiger partial charge is 0.0962 e. The van der Waals surface area contributed by atoms with Crippen molar-refractivity contribution in [1.29, 1.82) is 0 Å². The van der Waals surface area contributed by atoms with Crippen molar-refractivity contribution in [3.63, 3.8) is 0 Å². The molecule has 1 atom stereocenters. The quantitative estimate of drug-likeness (QED) is 0.794. The molecule has 3 nitrogen and oxygen atoms in total. The molecule has 0 bridgehead atoms. The molecule has 0 radical (unpaired) electrons. The molecule has 2 aliphatic rings. The lowest BCUT2D eigenvalue weighted by molar-refractivity contribution is 0.217. The molecule has 1 unspecified atom stereocenters. The maximum atomic E-state index is 9.51. The minimum absolute atomic E-state index is 0.347. The highest BCUT2D eigenvalue weighted by Gasteiger charge is 2.27. The highest BCUT2D eigenvalue weighted by atomic mass is 32.1. The number of aromatic nitrogens is 1. The zero-order valence-electron chi connectivity index (χ0n) is 8.44. The summed E-state index contributed by atoms with van der Waals surface area (Å²) in [6, 6.07) is 0. The third-order valence-electron chi connectivity index (χ3n) is 2.83. The van der Waals surface area contributed by atoms with Gasteiger partial charge in [-0.1, -0.05) is 0 Å². The Morgan fingerprint density at radius 2 is 2.33 bits per heavy atom. The second kappa shape index (κ2) is 3.70. The molecule has 15 heavy (non-hydrogen) atoms. The van der Waals surface area contributed by atoms with Gasteiger partial charge in [-0.05, 0) is 24.5 Å². The molecule has 1 saturated carbocycles. The molecule has 0 spiro atoms. The molecule has 3 rings (SSSR count). The van der Waals surface area contributed by atoms with E-state index in [2.05, 4.69) is 10.3 Å². The van der Waals surface area contributed by atoms with Gasteiger partial charge in [-0.2, -0.15) is 0 Å². The Balaban J connectivity index is 1.84. The second-order valence-corrected chi connectivity index (χ2v) is 5.29. The summed E-state index contributed by atoms with van der Waals surface area (Å²) in [5.74, 6) is 0.728. The minimum Gasteiger partial charge on any atom is -0.388 e. The van der Waals surface area contributed by atoms with Crippen LogP contribution in [0.5, 0.6) is 0 Å². The third kappa shape index (κ3) is 1.97. The lowest BCUT2D eigenvalue weighted by atomic mass is 10.1. The van der Waals surface area contributed by atoms with Crippen LogP contribution in [0.25, 0.3) is 5.57 Å². The van der Waals surface area contributed by atoms with Gasteiger partial charge in [0, 0.05) is 25.2 Å². The van der Waals surface area contributed by atoms with Gasteiger partial charge in [-0.3, -0.25) is 0 Å². The van der Waals surface area contributed by atoms with Crippen LogP contribution in [0.15, 0.2) is 12.3 Å². The largest absolute Gasteiger partial charge is 0.388 e. The molecule has 1 aliphatic heterocycles. The van der Waals surface area contributed by atoms with Crippen molar-refractivity contribution >= 4 is 16.9 Å². The molecular formula is C11H14N2OS. The highest BCUT2D eigenvalue weighted by Crippen LogP contribution is 2.42. The zero-order chi connectivity index (χ0) is 10.3. The van der Waals surface area contributed by atoms with Crippen LogP contribution < -0.4 is 5.32 Å². The van der Waals surface area contributed by atoms with Crippen molar-refractivity contribution < 1.29 is 5.11 Å². The monoisotopic (exact) mass is 222 g/mol. The average Bonchev–Trinajstić information content (AvgIpc) is 2.97. The predicted molar refractivity (Wildman–Crippen MR) is 60.9 cm³/mol. The van der Waals surface area contributed by atoms with Gasteiger partial charge in [0.2, 0.25) is 0 Å². The fourth-order valence-electron chi connectivity index (χ4n) is 1.83. The number of hydrogen-bond donors (Lipinski definition) is 2. The third-order valence-corrected chi connectivity index (χ3v) is 4.06. The minimum atomic E-state index is -0.347. The lowest BCUT2D eigenvalue weighted by Gasteiger charge is -2.17. The molecule has 4 heteroatoms. The first-order chi connectivity index (χ1) is 7.33. The first-order valence-electron chi connectivity index (χ1n) is 5.38. The van der Waals surface area contributed by atoms with Crippen LogP contribution in [0, 0.1) is 0 Å². The summed E-state index contributed by atoms with van der Waals surface area (Å²) in [5, 5.41) is 14.0. The van der Waals surface area contributed by atoms with Crippen molar-refractivity contribution in [2.24, 2.45) is 0 Å². The molecule has 1 aromatic heterocycles. The summed E-state index contributed by atoms with van der Waals surface area (Å²) >= 11 is 1.78. The highest BCUT2D eigenvalue weighted by molar-refractivity contribution is 7.12. The van der Waals surface area contributed by atoms with Crippen molar-refractivity contribution in [1.82, 2.24) is 10.3 Å². The van der Waals surface area contributed by atoms with Crippen LogP contribution in [-0.2, 0) is 0 Å². The van der Waals surface area contributed by atoms with Crippen molar-refractivity contribution in [3.05, 3.63) is 22.2 Å². The number of rotatable bonds is 2. The fourth-order valence-corrected chi connectivity index (χ4v) is 2.94. The van der Waals surface area contributed by atoms with E-state index in [1.54, 1.807) is 11.3 Å². The number of nitrogens with zero attached hydrogens (tertiary/aromatic N) is 1. The molecule has 0 amide bonds. The van der Waals surface area contributed by atoms with Crippen LogP contribution in [0.2, 0.25) is 0 Å². The molecule has 2 heterocycles. The standard InChI is InChI=1S/C11H14N2OS/c14-9-3-8(4-12-5-9)10-6-13-11(15-10)7-1-2-7/h3,6-7,9,12,14H,1-2,4-5H2. The maximum absolute atomic E-state index is 9.51. The fraction of sp³-hybridized carbons (Fsp3) is 0.545. The normalized spacial score (nSPS) is 26.5. The van der Waals surface area contributed by atoms with Crippen molar-refractivity contribution in [2.45, 2.75) is 24.9 Å². The lowest BCUT2D eigenvalue weighted by Crippen LogP contribution is -2.31. The Bertz CT molecular complexity index is 395. The zero-order valence-corrected chi connectivity index (χ0v) is 9.26. The van der Waals surface area contributed by atoms with Gasteiger partial charge in [0.25, 0.3) is 0 Å². The van der Waals surface area contributed by atoms with Crippen LogP contribution in [0.3, 0.4) is 0 Å². The van der Waals surface area contributed by atoms with Crippen molar-refractivity contribution in [3.8, 4) is 0 Å². The van der Waals surface area contributed by atoms with E-state index >= 15 is 0 Å². The Hall–Kier alpha value is -0.710. The Morgan fingerprint density at radius 3 is 3.07 bits per heavy atom. The van der Waals surface area contributed by atoms with E-state index in [-0.39, 0.29) is 6.10 Å². The molecule has 0 aromatic carbocycles. The van der Waals surface area contributed by atoms with E-state index in [0.29, 0.717) is 6.54 Å². The number of hydrogen-bond acceptors (Lipinski definition) is 4. The maximum Gasteiger partial charge on any atom is 0.0962 e. The molecule has 1 fully saturated rings. The topological polar surface area (TPSA) is 45.2 Å². The number of nitrogens with one attached hydrogen (secondary N) is 1. The van der Waals surface area contributed by atoms with Crippen LogP contribution >= 0.6 is 11.3 Å². The van der Waals surface area contributed by atoms with Gasteiger partial charge in [-0.25, -0.2) is 4.98 Å². The summed E-state index contributed by atoms with van der Waals surface area (Å²) in [6.45, 7) is 1.52. The summed E-state index contributed by atoms with van der Waals surface area (Å²) in [5.41, 5.74) is 1.19. The SMILES string of the molecule is OC1C=C(c2cnc(C3CC3)s2)CNC1. The van der Waals surface area contributed by atoms with Gasteiger partial charge < -0.3 is 10.4 Å². The van der Waals surface area contributed by atoms with Gasteiger partial charge in [-0.15, -0.1) is 11.3 Å². The van der Waals surface area contributed by atoms with Crippen molar-refractivity contribution in [2.75, 3.05) is 13.1 Å². The summed E-state index contributed by atoms with van der Waals surface area (Å²) in [6.07, 6.45) is 6.14. The summed E-state index contributed by atoms with van der Waals surface area (Å²) in [7, 11) is 0. The number of β-amino-alcohol motifs (C(OH)–C–C–N with tert-alkyl or cyclic N) is 1. The number of aliphatic hydroxyl groups is 1. The molecule has 2 N–H and O–H groups in total. The van der Waals surface area contributed by atoms with Gasteiger partial charge >= 0.3 is 0 Å². The Labute approximate surface area is 92.9 Å². The first kappa shape index (κ1) is 9.51. The number of aliphatic hydroxyl groups excluding tert-OH is 1. The molecule has 1 aromatic rings. The first-order valence-corrected chi connectivity index (χ1v) is 6.20. The van der Waals surface area contributed by atoms with Crippen LogP contribution in [-0.4, -0.2) is 29.3 Å². The Morgan fingerprint density at radius 1 is 1.47 bits per heavy atom. The van der Waals surface area contributed by atoms with Gasteiger partial charge in [0.15, 0.2) is 0 Å². The van der Waals surface area contributed by atoms with E-state index in [1.165, 1.54) is 28.3 Å². The van der Waals surface area contributed by atoms with Crippen LogP contribution in [0.1, 0.15) is 28.6 Å². The molecule has 1 aliphatic carbocycles. The van der Waals surface area contributed by atoms with E-state index < -0.39 is 0 Å². The van der Waals surface area contributed by atoms with E-state index in [4.69, 9.17) is 0 Å². The molecular weight excluding hydrogens is 208 g/mol. The predicted octanol–water partition coefficient (Wildman–Crippen LogP) is 1.37. The van der Waals surface area contributed by atoms with Gasteiger partial charge in [0.1, 0.15) is 0 Å². The summed E-state index contributed by atoms with van der Waals surface area (Å²) < 4.78 is 0. The Kier molecular flexibility index (Phi) is 2.35.